The number of benzene rings is 1. The van der Waals surface area contributed by atoms with Crippen molar-refractivity contribution in [2.75, 3.05) is 6.54 Å². The van der Waals surface area contributed by atoms with Crippen molar-refractivity contribution < 1.29 is 14.6 Å². The molecule has 0 aliphatic heterocycles. The van der Waals surface area contributed by atoms with Crippen LogP contribution in [0.2, 0.25) is 0 Å². The van der Waals surface area contributed by atoms with Crippen molar-refractivity contribution in [3.05, 3.63) is 45.3 Å². The highest BCUT2D eigenvalue weighted by Gasteiger charge is 2.26. The smallest absolute Gasteiger partial charge is 0.339 e. The Kier molecular flexibility index (Phi) is 5.11. The third-order valence-corrected chi connectivity index (χ3v) is 5.93. The summed E-state index contributed by atoms with van der Waals surface area (Å²) in [5, 5.41) is 25.5. The fourth-order valence-electron chi connectivity index (χ4n) is 4.51. The zero-order valence-electron chi connectivity index (χ0n) is 15.0. The van der Waals surface area contributed by atoms with Crippen molar-refractivity contribution in [3.63, 3.8) is 0 Å². The van der Waals surface area contributed by atoms with Gasteiger partial charge < -0.3 is 19.9 Å². The van der Waals surface area contributed by atoms with Crippen LogP contribution in [-0.2, 0) is 12.8 Å². The van der Waals surface area contributed by atoms with Gasteiger partial charge in [-0.25, -0.2) is 4.79 Å². The molecule has 2 aliphatic rings. The Labute approximate surface area is 153 Å². The van der Waals surface area contributed by atoms with Crippen LogP contribution in [0.4, 0.5) is 0 Å². The van der Waals surface area contributed by atoms with Crippen LogP contribution in [0.15, 0.2) is 27.4 Å². The first-order chi connectivity index (χ1) is 12.6. The number of nitrogens with one attached hydrogen (secondary N) is 1. The van der Waals surface area contributed by atoms with Crippen molar-refractivity contribution in [2.24, 2.45) is 0 Å². The van der Waals surface area contributed by atoms with Crippen molar-refractivity contribution >= 4 is 11.0 Å². The van der Waals surface area contributed by atoms with E-state index in [1.165, 1.54) is 12.8 Å². The summed E-state index contributed by atoms with van der Waals surface area (Å²) < 4.78 is 5.51. The first-order valence-corrected chi connectivity index (χ1v) is 9.82. The van der Waals surface area contributed by atoms with Crippen LogP contribution in [0.1, 0.15) is 61.3 Å². The number of hydrogen-bond acceptors (Lipinski definition) is 5. The van der Waals surface area contributed by atoms with Gasteiger partial charge in [0.15, 0.2) is 0 Å². The Morgan fingerprint density at radius 1 is 1.08 bits per heavy atom. The molecule has 1 aromatic heterocycles. The van der Waals surface area contributed by atoms with E-state index in [2.05, 4.69) is 5.32 Å². The van der Waals surface area contributed by atoms with Crippen LogP contribution in [0.5, 0.6) is 0 Å². The van der Waals surface area contributed by atoms with Crippen LogP contribution in [0.3, 0.4) is 0 Å². The van der Waals surface area contributed by atoms with E-state index in [4.69, 9.17) is 4.42 Å². The van der Waals surface area contributed by atoms with Gasteiger partial charge in [0.25, 0.3) is 0 Å². The summed E-state index contributed by atoms with van der Waals surface area (Å²) in [6.07, 6.45) is 6.38. The van der Waals surface area contributed by atoms with Crippen molar-refractivity contribution in [2.45, 2.75) is 69.6 Å². The first kappa shape index (κ1) is 17.7. The molecule has 2 aromatic rings. The molecule has 1 aromatic carbocycles. The van der Waals surface area contributed by atoms with Gasteiger partial charge in [0.1, 0.15) is 11.7 Å². The van der Waals surface area contributed by atoms with Gasteiger partial charge in [-0.3, -0.25) is 0 Å². The van der Waals surface area contributed by atoms with Gasteiger partial charge >= 0.3 is 5.63 Å². The molecule has 0 bridgehead atoms. The van der Waals surface area contributed by atoms with Gasteiger partial charge in [-0.05, 0) is 55.7 Å². The van der Waals surface area contributed by atoms with E-state index in [-0.39, 0.29) is 5.63 Å². The Morgan fingerprint density at radius 2 is 1.81 bits per heavy atom. The van der Waals surface area contributed by atoms with Gasteiger partial charge in [0, 0.05) is 23.5 Å². The van der Waals surface area contributed by atoms with Gasteiger partial charge in [-0.15, -0.1) is 0 Å². The van der Waals surface area contributed by atoms with E-state index in [1.807, 2.05) is 6.07 Å². The van der Waals surface area contributed by atoms with Gasteiger partial charge in [-0.2, -0.15) is 0 Å². The first-order valence-electron chi connectivity index (χ1n) is 9.82. The lowest BCUT2D eigenvalue weighted by Crippen LogP contribution is -2.37. The summed E-state index contributed by atoms with van der Waals surface area (Å²) in [4.78, 5) is 12.3. The highest BCUT2D eigenvalue weighted by atomic mass is 16.4. The van der Waals surface area contributed by atoms with Crippen LogP contribution >= 0.6 is 0 Å². The Balaban J connectivity index is 1.65. The third-order valence-electron chi connectivity index (χ3n) is 5.93. The van der Waals surface area contributed by atoms with Gasteiger partial charge in [-0.1, -0.05) is 25.0 Å². The predicted octanol–water partition coefficient (Wildman–Crippen LogP) is 2.60. The summed E-state index contributed by atoms with van der Waals surface area (Å²) in [5.41, 5.74) is 2.63. The molecule has 2 unspecified atom stereocenters. The molecule has 5 nitrogen and oxygen atoms in total. The summed E-state index contributed by atoms with van der Waals surface area (Å²) in [6.45, 7) is 0.362. The minimum absolute atomic E-state index is 0.262. The number of rotatable bonds is 5. The topological polar surface area (TPSA) is 82.7 Å². The zero-order valence-corrected chi connectivity index (χ0v) is 15.0. The molecular weight excluding hydrogens is 330 g/mol. The van der Waals surface area contributed by atoms with E-state index >= 15 is 0 Å². The monoisotopic (exact) mass is 357 g/mol. The largest absolute Gasteiger partial charge is 0.422 e. The quantitative estimate of drug-likeness (QED) is 0.717. The molecule has 0 saturated heterocycles. The summed E-state index contributed by atoms with van der Waals surface area (Å²) in [7, 11) is 0. The summed E-state index contributed by atoms with van der Waals surface area (Å²) >= 11 is 0. The normalized spacial score (nSPS) is 20.2. The molecule has 140 valence electrons. The standard InChI is InChI=1S/C21H27NO4/c23-17(12-22-13-6-1-2-7-13)20(24)16-10-5-11-18-19(16)14-8-3-4-9-15(14)21(25)26-18/h5,10-11,13,17,20,22-24H,1-4,6-9,12H2. The second-order valence-electron chi connectivity index (χ2n) is 7.68. The molecule has 2 atom stereocenters. The van der Waals surface area contributed by atoms with Crippen LogP contribution < -0.4 is 10.9 Å². The third kappa shape index (κ3) is 3.31. The maximum Gasteiger partial charge on any atom is 0.339 e. The summed E-state index contributed by atoms with van der Waals surface area (Å²) in [5.74, 6) is 0. The van der Waals surface area contributed by atoms with Gasteiger partial charge in [0.2, 0.25) is 0 Å². The number of aliphatic hydroxyl groups is 2. The molecule has 1 fully saturated rings. The Bertz CT molecular complexity index is 838. The van der Waals surface area contributed by atoms with Crippen LogP contribution in [0, 0.1) is 0 Å². The van der Waals surface area contributed by atoms with Crippen molar-refractivity contribution in [3.8, 4) is 0 Å². The Hall–Kier alpha value is -1.69. The predicted molar refractivity (Wildman–Crippen MR) is 100 cm³/mol. The van der Waals surface area contributed by atoms with Crippen molar-refractivity contribution in [1.82, 2.24) is 5.32 Å². The molecule has 4 rings (SSSR count). The molecule has 0 radical (unpaired) electrons. The molecule has 2 aliphatic carbocycles. The lowest BCUT2D eigenvalue weighted by molar-refractivity contribution is 0.0184. The maximum absolute atomic E-state index is 12.3. The zero-order chi connectivity index (χ0) is 18.1. The molecule has 5 heteroatoms. The highest BCUT2D eigenvalue weighted by Crippen LogP contribution is 2.33. The SMILES string of the molecule is O=c1oc2cccc(C(O)C(O)CNC3CCCC3)c2c2c1CCCC2. The second kappa shape index (κ2) is 7.51. The van der Waals surface area contributed by atoms with Crippen LogP contribution in [0.25, 0.3) is 11.0 Å². The molecule has 3 N–H and O–H groups in total. The van der Waals surface area contributed by atoms with Crippen molar-refractivity contribution in [1.29, 1.82) is 0 Å². The minimum atomic E-state index is -1.01. The number of aliphatic hydroxyl groups excluding tert-OH is 2. The highest BCUT2D eigenvalue weighted by molar-refractivity contribution is 5.85. The average molecular weight is 357 g/mol. The van der Waals surface area contributed by atoms with E-state index < -0.39 is 12.2 Å². The Morgan fingerprint density at radius 3 is 2.58 bits per heavy atom. The fraction of sp³-hybridized carbons (Fsp3) is 0.571. The lowest BCUT2D eigenvalue weighted by atomic mass is 9.87. The average Bonchev–Trinajstić information content (AvgIpc) is 3.19. The molecule has 0 amide bonds. The number of aryl methyl sites for hydroxylation is 1. The van der Waals surface area contributed by atoms with E-state index in [0.717, 1.165) is 55.0 Å². The van der Waals surface area contributed by atoms with E-state index in [1.54, 1.807) is 12.1 Å². The van der Waals surface area contributed by atoms with E-state index in [9.17, 15) is 15.0 Å². The number of hydrogen-bond donors (Lipinski definition) is 3. The van der Waals surface area contributed by atoms with E-state index in [0.29, 0.717) is 23.7 Å². The fourth-order valence-corrected chi connectivity index (χ4v) is 4.51. The lowest BCUT2D eigenvalue weighted by Gasteiger charge is -2.24. The minimum Gasteiger partial charge on any atom is -0.422 e. The second-order valence-corrected chi connectivity index (χ2v) is 7.68. The molecular formula is C21H27NO4. The van der Waals surface area contributed by atoms with Gasteiger partial charge in [0.05, 0.1) is 6.10 Å². The number of fused-ring (bicyclic) bond motifs is 3. The molecule has 1 saturated carbocycles. The van der Waals surface area contributed by atoms with Crippen LogP contribution in [-0.4, -0.2) is 28.9 Å². The molecule has 1 heterocycles. The molecule has 26 heavy (non-hydrogen) atoms. The summed E-state index contributed by atoms with van der Waals surface area (Å²) in [6, 6.07) is 5.82. The molecule has 0 spiro atoms. The maximum atomic E-state index is 12.3.